The van der Waals surface area contributed by atoms with Gasteiger partial charge in [0.2, 0.25) is 0 Å². The number of para-hydroxylation sites is 2. The number of anilines is 1. The van der Waals surface area contributed by atoms with Gasteiger partial charge in [0.15, 0.2) is 23.1 Å². The molecule has 0 bridgehead atoms. The molecule has 3 aromatic carbocycles. The predicted octanol–water partition coefficient (Wildman–Crippen LogP) is 3.58. The number of phenols is 1. The molecule has 1 aliphatic rings. The molecule has 3 aromatic rings. The Bertz CT molecular complexity index is 1200. The van der Waals surface area contributed by atoms with Gasteiger partial charge < -0.3 is 19.9 Å². The van der Waals surface area contributed by atoms with Crippen molar-refractivity contribution in [2.45, 2.75) is 6.42 Å². The number of esters is 1. The third-order valence-electron chi connectivity index (χ3n) is 4.99. The lowest BCUT2D eigenvalue weighted by atomic mass is 9.82. The summed E-state index contributed by atoms with van der Waals surface area (Å²) >= 11 is 0. The second kappa shape index (κ2) is 8.31. The van der Waals surface area contributed by atoms with Gasteiger partial charge in [-0.3, -0.25) is 14.4 Å². The predicted molar refractivity (Wildman–Crippen MR) is 113 cm³/mol. The molecule has 0 fully saturated rings. The molecule has 0 atom stereocenters. The Balaban J connectivity index is 1.51. The summed E-state index contributed by atoms with van der Waals surface area (Å²) in [6.45, 7) is 0.161. The Morgan fingerprint density at radius 3 is 2.16 bits per heavy atom. The van der Waals surface area contributed by atoms with Crippen LogP contribution >= 0.6 is 0 Å². The van der Waals surface area contributed by atoms with Gasteiger partial charge >= 0.3 is 5.97 Å². The maximum Gasteiger partial charge on any atom is 0.313 e. The van der Waals surface area contributed by atoms with Gasteiger partial charge in [0, 0.05) is 23.4 Å². The molecule has 0 saturated carbocycles. The fourth-order valence-corrected chi connectivity index (χ4v) is 3.53. The van der Waals surface area contributed by atoms with E-state index in [1.54, 1.807) is 48.5 Å². The van der Waals surface area contributed by atoms with Crippen molar-refractivity contribution < 1.29 is 29.0 Å². The molecule has 0 spiro atoms. The minimum Gasteiger partial charge on any atom is -0.507 e. The van der Waals surface area contributed by atoms with Crippen molar-refractivity contribution in [2.24, 2.45) is 0 Å². The van der Waals surface area contributed by atoms with E-state index in [1.165, 1.54) is 19.2 Å². The number of ketones is 2. The Kier molecular flexibility index (Phi) is 5.41. The van der Waals surface area contributed by atoms with Gasteiger partial charge in [-0.25, -0.2) is 0 Å². The first-order valence-electron chi connectivity index (χ1n) is 9.63. The number of fused-ring (bicyclic) bond motifs is 2. The summed E-state index contributed by atoms with van der Waals surface area (Å²) in [6.07, 6.45) is 0.00637. The van der Waals surface area contributed by atoms with Crippen molar-refractivity contribution in [1.29, 1.82) is 0 Å². The van der Waals surface area contributed by atoms with Gasteiger partial charge in [-0.05, 0) is 24.3 Å². The molecule has 1 aliphatic carbocycles. The summed E-state index contributed by atoms with van der Waals surface area (Å²) in [5, 5.41) is 13.2. The summed E-state index contributed by atoms with van der Waals surface area (Å²) in [7, 11) is 1.48. The number of hydrogen-bond donors (Lipinski definition) is 2. The molecule has 0 saturated heterocycles. The number of carbonyl (C=O) groups excluding carboxylic acids is 3. The average molecular weight is 417 g/mol. The van der Waals surface area contributed by atoms with Crippen LogP contribution in [0.5, 0.6) is 17.2 Å². The molecule has 4 rings (SSSR count). The van der Waals surface area contributed by atoms with Crippen LogP contribution in [0.1, 0.15) is 38.3 Å². The van der Waals surface area contributed by atoms with Crippen LogP contribution in [0.4, 0.5) is 5.69 Å². The first kappa shape index (κ1) is 20.2. The van der Waals surface area contributed by atoms with Crippen LogP contribution in [-0.4, -0.2) is 36.3 Å². The number of carbonyl (C=O) groups is 3. The van der Waals surface area contributed by atoms with E-state index in [1.807, 2.05) is 0 Å². The third-order valence-corrected chi connectivity index (χ3v) is 4.99. The van der Waals surface area contributed by atoms with Crippen LogP contribution in [0.3, 0.4) is 0 Å². The van der Waals surface area contributed by atoms with Crippen molar-refractivity contribution >= 4 is 23.2 Å². The van der Waals surface area contributed by atoms with Gasteiger partial charge in [0.25, 0.3) is 0 Å². The molecule has 0 aromatic heterocycles. The molecular formula is C24H19NO6. The topological polar surface area (TPSA) is 102 Å². The number of phenolic OH excluding ortho intramolecular Hbond substituents is 1. The zero-order valence-electron chi connectivity index (χ0n) is 16.7. The van der Waals surface area contributed by atoms with Gasteiger partial charge in [0.05, 0.1) is 24.7 Å². The maximum absolute atomic E-state index is 13.0. The number of benzene rings is 3. The fraction of sp³-hybridized carbons (Fsp3) is 0.125. The van der Waals surface area contributed by atoms with E-state index in [-0.39, 0.29) is 46.8 Å². The molecule has 0 unspecified atom stereocenters. The number of nitrogens with one attached hydrogen (secondary N) is 1. The van der Waals surface area contributed by atoms with Crippen LogP contribution in [0, 0.1) is 0 Å². The summed E-state index contributed by atoms with van der Waals surface area (Å²) in [6, 6.07) is 16.2. The van der Waals surface area contributed by atoms with E-state index in [0.29, 0.717) is 17.2 Å². The van der Waals surface area contributed by atoms with Crippen molar-refractivity contribution in [3.05, 3.63) is 82.9 Å². The normalized spacial score (nSPS) is 12.0. The summed E-state index contributed by atoms with van der Waals surface area (Å²) in [5.74, 6) is -0.767. The first-order valence-corrected chi connectivity index (χ1v) is 9.63. The molecule has 7 heteroatoms. The molecule has 0 amide bonds. The molecule has 31 heavy (non-hydrogen) atoms. The number of hydrogen-bond acceptors (Lipinski definition) is 7. The van der Waals surface area contributed by atoms with Crippen LogP contribution in [-0.2, 0) is 4.79 Å². The highest BCUT2D eigenvalue weighted by Crippen LogP contribution is 2.37. The van der Waals surface area contributed by atoms with Gasteiger partial charge in [-0.15, -0.1) is 0 Å². The van der Waals surface area contributed by atoms with E-state index in [9.17, 15) is 19.5 Å². The molecule has 0 aliphatic heterocycles. The number of ether oxygens (including phenoxy) is 2. The van der Waals surface area contributed by atoms with E-state index >= 15 is 0 Å². The van der Waals surface area contributed by atoms with Crippen molar-refractivity contribution in [1.82, 2.24) is 0 Å². The lowest BCUT2D eigenvalue weighted by Gasteiger charge is -2.21. The van der Waals surface area contributed by atoms with Crippen LogP contribution in [0.2, 0.25) is 0 Å². The lowest BCUT2D eigenvalue weighted by Crippen LogP contribution is -2.23. The van der Waals surface area contributed by atoms with E-state index in [2.05, 4.69) is 5.32 Å². The van der Waals surface area contributed by atoms with E-state index in [0.717, 1.165) is 0 Å². The molecule has 7 nitrogen and oxygen atoms in total. The second-order valence-corrected chi connectivity index (χ2v) is 6.89. The van der Waals surface area contributed by atoms with Crippen molar-refractivity contribution in [3.8, 4) is 17.2 Å². The minimum absolute atomic E-state index is 0.00637. The highest BCUT2D eigenvalue weighted by Gasteiger charge is 2.33. The molecule has 156 valence electrons. The van der Waals surface area contributed by atoms with Crippen LogP contribution in [0.25, 0.3) is 0 Å². The SMILES string of the molecule is COc1ccccc1OC(=O)CCNc1ccc(O)c2c1C(=O)c1ccccc1C2=O. The lowest BCUT2D eigenvalue weighted by molar-refractivity contribution is -0.134. The van der Waals surface area contributed by atoms with Crippen molar-refractivity contribution in [3.63, 3.8) is 0 Å². The molecule has 0 heterocycles. The second-order valence-electron chi connectivity index (χ2n) is 6.89. The molecule has 2 N–H and O–H groups in total. The maximum atomic E-state index is 13.0. The standard InChI is InChI=1S/C24H19NO6/c1-30-18-8-4-5-9-19(18)31-20(27)12-13-25-16-10-11-17(26)22-21(16)23(28)14-6-2-3-7-15(14)24(22)29/h2-11,25-26H,12-13H2,1H3. The molecular weight excluding hydrogens is 398 g/mol. The number of rotatable bonds is 6. The first-order chi connectivity index (χ1) is 15.0. The Morgan fingerprint density at radius 1 is 0.871 bits per heavy atom. The quantitative estimate of drug-likeness (QED) is 0.281. The van der Waals surface area contributed by atoms with Gasteiger partial charge in [-0.1, -0.05) is 36.4 Å². The number of aromatic hydroxyl groups is 1. The van der Waals surface area contributed by atoms with E-state index in [4.69, 9.17) is 9.47 Å². The van der Waals surface area contributed by atoms with Gasteiger partial charge in [0.1, 0.15) is 5.75 Å². The Morgan fingerprint density at radius 2 is 1.48 bits per heavy atom. The average Bonchev–Trinajstić information content (AvgIpc) is 2.78. The Hall–Kier alpha value is -4.13. The zero-order chi connectivity index (χ0) is 22.0. The van der Waals surface area contributed by atoms with Crippen LogP contribution in [0.15, 0.2) is 60.7 Å². The van der Waals surface area contributed by atoms with E-state index < -0.39 is 11.8 Å². The van der Waals surface area contributed by atoms with Gasteiger partial charge in [-0.2, -0.15) is 0 Å². The van der Waals surface area contributed by atoms with Crippen molar-refractivity contribution in [2.75, 3.05) is 19.0 Å². The van der Waals surface area contributed by atoms with Crippen LogP contribution < -0.4 is 14.8 Å². The summed E-state index contributed by atoms with van der Waals surface area (Å²) in [4.78, 5) is 38.1. The number of methoxy groups -OCH3 is 1. The summed E-state index contributed by atoms with van der Waals surface area (Å²) < 4.78 is 10.5. The fourth-order valence-electron chi connectivity index (χ4n) is 3.53. The third kappa shape index (κ3) is 3.73. The largest absolute Gasteiger partial charge is 0.507 e. The minimum atomic E-state index is -0.489. The highest BCUT2D eigenvalue weighted by atomic mass is 16.6. The Labute approximate surface area is 178 Å². The zero-order valence-corrected chi connectivity index (χ0v) is 16.7. The monoisotopic (exact) mass is 417 g/mol. The highest BCUT2D eigenvalue weighted by molar-refractivity contribution is 6.31. The smallest absolute Gasteiger partial charge is 0.313 e. The molecule has 0 radical (unpaired) electrons. The summed E-state index contributed by atoms with van der Waals surface area (Å²) in [5.41, 5.74) is 0.968.